The number of amides is 1. The van der Waals surface area contributed by atoms with Crippen molar-refractivity contribution in [3.05, 3.63) is 51.2 Å². The van der Waals surface area contributed by atoms with Gasteiger partial charge in [-0.15, -0.1) is 0 Å². The Balaban J connectivity index is 1.62. The second kappa shape index (κ2) is 8.24. The number of hydrogen-bond acceptors (Lipinski definition) is 4. The van der Waals surface area contributed by atoms with Gasteiger partial charge in [0.1, 0.15) is 19.0 Å². The predicted molar refractivity (Wildman–Crippen MR) is 102 cm³/mol. The molecule has 1 N–H and O–H groups in total. The van der Waals surface area contributed by atoms with E-state index in [0.29, 0.717) is 47.5 Å². The van der Waals surface area contributed by atoms with E-state index in [1.54, 1.807) is 36.2 Å². The zero-order valence-corrected chi connectivity index (χ0v) is 16.4. The molecule has 8 heteroatoms. The van der Waals surface area contributed by atoms with Crippen molar-refractivity contribution in [2.45, 2.75) is 6.54 Å². The Morgan fingerprint density at radius 1 is 1.27 bits per heavy atom. The van der Waals surface area contributed by atoms with Crippen LogP contribution >= 0.6 is 27.5 Å². The lowest BCUT2D eigenvalue weighted by atomic mass is 10.2. The Labute approximate surface area is 164 Å². The van der Waals surface area contributed by atoms with Crippen LogP contribution in [0.3, 0.4) is 0 Å². The van der Waals surface area contributed by atoms with Gasteiger partial charge in [-0.3, -0.25) is 9.69 Å². The summed E-state index contributed by atoms with van der Waals surface area (Å²) >= 11 is 9.51. The summed E-state index contributed by atoms with van der Waals surface area (Å²) in [4.78, 5) is 14.0. The van der Waals surface area contributed by atoms with Crippen LogP contribution in [0.25, 0.3) is 0 Å². The average molecular weight is 444 g/mol. The summed E-state index contributed by atoms with van der Waals surface area (Å²) in [7, 11) is 1.74. The van der Waals surface area contributed by atoms with Gasteiger partial charge in [0, 0.05) is 28.7 Å². The Kier molecular flexibility index (Phi) is 6.01. The zero-order valence-electron chi connectivity index (χ0n) is 14.0. The number of hydrogen-bond donors (Lipinski definition) is 1. The van der Waals surface area contributed by atoms with E-state index in [9.17, 15) is 9.18 Å². The standard InChI is InChI=1S/C18H17BrClFN2O3/c1-23(9-11-6-12(19)2-3-14(11)21)10-18(24)22-15-8-17-16(7-13(15)20)25-4-5-26-17/h2-3,6-8H,4-5,9-10H2,1H3,(H,22,24). The highest BCUT2D eigenvalue weighted by Crippen LogP contribution is 2.37. The third-order valence-corrected chi connectivity index (χ3v) is 4.57. The fraction of sp³-hybridized carbons (Fsp3) is 0.278. The van der Waals surface area contributed by atoms with Crippen LogP contribution in [0, 0.1) is 5.82 Å². The van der Waals surface area contributed by atoms with Crippen molar-refractivity contribution in [3.8, 4) is 11.5 Å². The van der Waals surface area contributed by atoms with Gasteiger partial charge in [0.25, 0.3) is 0 Å². The monoisotopic (exact) mass is 442 g/mol. The van der Waals surface area contributed by atoms with Crippen LogP contribution in [0.2, 0.25) is 5.02 Å². The average Bonchev–Trinajstić information content (AvgIpc) is 2.58. The van der Waals surface area contributed by atoms with E-state index in [-0.39, 0.29) is 18.3 Å². The summed E-state index contributed by atoms with van der Waals surface area (Å²) in [6, 6.07) is 7.98. The molecule has 0 aromatic heterocycles. The summed E-state index contributed by atoms with van der Waals surface area (Å²) in [5.41, 5.74) is 0.954. The van der Waals surface area contributed by atoms with Crippen molar-refractivity contribution in [3.63, 3.8) is 0 Å². The molecule has 0 aliphatic carbocycles. The Morgan fingerprint density at radius 2 is 1.96 bits per heavy atom. The van der Waals surface area contributed by atoms with Gasteiger partial charge in [-0.25, -0.2) is 4.39 Å². The Hall–Kier alpha value is -1.83. The maximum Gasteiger partial charge on any atom is 0.238 e. The lowest BCUT2D eigenvalue weighted by Gasteiger charge is -2.21. The first-order valence-corrected chi connectivity index (χ1v) is 9.11. The minimum Gasteiger partial charge on any atom is -0.486 e. The third kappa shape index (κ3) is 4.66. The van der Waals surface area contributed by atoms with Gasteiger partial charge >= 0.3 is 0 Å². The molecule has 0 bridgehead atoms. The first kappa shape index (κ1) is 18.9. The summed E-state index contributed by atoms with van der Waals surface area (Å²) in [6.07, 6.45) is 0. The molecule has 1 amide bonds. The second-order valence-corrected chi connectivity index (χ2v) is 7.25. The van der Waals surface area contributed by atoms with E-state index in [0.717, 1.165) is 4.47 Å². The highest BCUT2D eigenvalue weighted by molar-refractivity contribution is 9.10. The number of ether oxygens (including phenoxy) is 2. The molecule has 138 valence electrons. The molecule has 1 heterocycles. The summed E-state index contributed by atoms with van der Waals surface area (Å²) < 4.78 is 25.6. The van der Waals surface area contributed by atoms with Crippen LogP contribution in [0.1, 0.15) is 5.56 Å². The van der Waals surface area contributed by atoms with E-state index in [4.69, 9.17) is 21.1 Å². The topological polar surface area (TPSA) is 50.8 Å². The van der Waals surface area contributed by atoms with Gasteiger partial charge in [0.15, 0.2) is 11.5 Å². The number of likely N-dealkylation sites (N-methyl/N-ethyl adjacent to an activating group) is 1. The Morgan fingerprint density at radius 3 is 2.69 bits per heavy atom. The van der Waals surface area contributed by atoms with Gasteiger partial charge in [0.05, 0.1) is 17.3 Å². The zero-order chi connectivity index (χ0) is 18.7. The molecule has 0 unspecified atom stereocenters. The normalized spacial score (nSPS) is 13.0. The van der Waals surface area contributed by atoms with E-state index in [1.807, 2.05) is 0 Å². The molecule has 0 spiro atoms. The minimum absolute atomic E-state index is 0.0801. The second-order valence-electron chi connectivity index (χ2n) is 5.93. The van der Waals surface area contributed by atoms with E-state index < -0.39 is 0 Å². The van der Waals surface area contributed by atoms with E-state index >= 15 is 0 Å². The number of benzene rings is 2. The molecule has 2 aromatic rings. The third-order valence-electron chi connectivity index (χ3n) is 3.77. The Bertz CT molecular complexity index is 834. The molecule has 0 saturated heterocycles. The fourth-order valence-electron chi connectivity index (χ4n) is 2.61. The van der Waals surface area contributed by atoms with Gasteiger partial charge < -0.3 is 14.8 Å². The molecular weight excluding hydrogens is 427 g/mol. The molecule has 1 aliphatic heterocycles. The number of nitrogens with zero attached hydrogens (tertiary/aromatic N) is 1. The lowest BCUT2D eigenvalue weighted by molar-refractivity contribution is -0.117. The van der Waals surface area contributed by atoms with E-state index in [1.165, 1.54) is 6.07 Å². The predicted octanol–water partition coefficient (Wildman–Crippen LogP) is 4.08. The molecule has 0 saturated carbocycles. The van der Waals surface area contributed by atoms with Crippen LogP contribution in [-0.2, 0) is 11.3 Å². The smallest absolute Gasteiger partial charge is 0.238 e. The number of rotatable bonds is 5. The maximum atomic E-state index is 13.8. The quantitative estimate of drug-likeness (QED) is 0.756. The lowest BCUT2D eigenvalue weighted by Crippen LogP contribution is -2.30. The summed E-state index contributed by atoms with van der Waals surface area (Å²) in [6.45, 7) is 1.29. The largest absolute Gasteiger partial charge is 0.486 e. The summed E-state index contributed by atoms with van der Waals surface area (Å²) in [5, 5.41) is 3.12. The minimum atomic E-state index is -0.310. The van der Waals surface area contributed by atoms with Crippen molar-refractivity contribution in [2.24, 2.45) is 0 Å². The van der Waals surface area contributed by atoms with Crippen LogP contribution in [0.15, 0.2) is 34.8 Å². The molecule has 0 radical (unpaired) electrons. The van der Waals surface area contributed by atoms with Crippen LogP contribution < -0.4 is 14.8 Å². The first-order valence-electron chi connectivity index (χ1n) is 7.94. The van der Waals surface area contributed by atoms with Crippen molar-refractivity contribution in [1.82, 2.24) is 4.90 Å². The highest BCUT2D eigenvalue weighted by atomic mass is 79.9. The number of carbonyl (C=O) groups excluding carboxylic acids is 1. The number of carbonyl (C=O) groups is 1. The van der Waals surface area contributed by atoms with E-state index in [2.05, 4.69) is 21.2 Å². The van der Waals surface area contributed by atoms with Crippen molar-refractivity contribution < 1.29 is 18.7 Å². The van der Waals surface area contributed by atoms with Gasteiger partial charge in [-0.2, -0.15) is 0 Å². The maximum absolute atomic E-state index is 13.8. The molecule has 0 atom stereocenters. The van der Waals surface area contributed by atoms with Gasteiger partial charge in [0.2, 0.25) is 5.91 Å². The summed E-state index contributed by atoms with van der Waals surface area (Å²) in [5.74, 6) is 0.527. The molecule has 26 heavy (non-hydrogen) atoms. The first-order chi connectivity index (χ1) is 12.4. The number of nitrogens with one attached hydrogen (secondary N) is 1. The molecule has 5 nitrogen and oxygen atoms in total. The van der Waals surface area contributed by atoms with Crippen molar-refractivity contribution in [1.29, 1.82) is 0 Å². The van der Waals surface area contributed by atoms with Crippen LogP contribution in [-0.4, -0.2) is 37.6 Å². The molecule has 1 aliphatic rings. The molecular formula is C18H17BrClFN2O3. The van der Waals surface area contributed by atoms with Gasteiger partial charge in [-0.1, -0.05) is 27.5 Å². The van der Waals surface area contributed by atoms with Gasteiger partial charge in [-0.05, 0) is 25.2 Å². The molecule has 3 rings (SSSR count). The fourth-order valence-corrected chi connectivity index (χ4v) is 3.22. The van der Waals surface area contributed by atoms with Crippen LogP contribution in [0.4, 0.5) is 10.1 Å². The number of anilines is 1. The SMILES string of the molecule is CN(CC(=O)Nc1cc2c(cc1Cl)OCCO2)Cc1cc(Br)ccc1F. The molecule has 2 aromatic carbocycles. The molecule has 0 fully saturated rings. The number of halogens is 3. The number of fused-ring (bicyclic) bond motifs is 1. The van der Waals surface area contributed by atoms with Crippen molar-refractivity contribution in [2.75, 3.05) is 32.1 Å². The highest BCUT2D eigenvalue weighted by Gasteiger charge is 2.17. The van der Waals surface area contributed by atoms with Crippen LogP contribution in [0.5, 0.6) is 11.5 Å². The van der Waals surface area contributed by atoms with Crippen molar-refractivity contribution >= 4 is 39.1 Å².